The van der Waals surface area contributed by atoms with E-state index in [-0.39, 0.29) is 18.1 Å². The van der Waals surface area contributed by atoms with Crippen LogP contribution in [0.3, 0.4) is 0 Å². The Hall–Kier alpha value is -1.80. The van der Waals surface area contributed by atoms with Crippen molar-refractivity contribution < 1.29 is 22.6 Å². The SMILES string of the molecule is CNCc1nc(COc2ccccc2OC(F)(F)F)cs1. The number of benzene rings is 1. The lowest BCUT2D eigenvalue weighted by Gasteiger charge is -2.13. The molecule has 0 saturated heterocycles. The molecule has 2 aromatic rings. The van der Waals surface area contributed by atoms with Crippen molar-refractivity contribution in [3.63, 3.8) is 0 Å². The van der Waals surface area contributed by atoms with Gasteiger partial charge in [0.1, 0.15) is 11.6 Å². The predicted octanol–water partition coefficient (Wildman–Crippen LogP) is 3.34. The highest BCUT2D eigenvalue weighted by molar-refractivity contribution is 7.09. The molecule has 1 N–H and O–H groups in total. The van der Waals surface area contributed by atoms with Gasteiger partial charge in [0.05, 0.1) is 5.69 Å². The highest BCUT2D eigenvalue weighted by Gasteiger charge is 2.32. The monoisotopic (exact) mass is 318 g/mol. The van der Waals surface area contributed by atoms with E-state index in [0.717, 1.165) is 5.01 Å². The number of aromatic nitrogens is 1. The first kappa shape index (κ1) is 15.6. The summed E-state index contributed by atoms with van der Waals surface area (Å²) >= 11 is 1.46. The van der Waals surface area contributed by atoms with Crippen LogP contribution in [-0.2, 0) is 13.2 Å². The van der Waals surface area contributed by atoms with E-state index in [1.165, 1.54) is 29.5 Å². The van der Waals surface area contributed by atoms with Crippen molar-refractivity contribution in [2.45, 2.75) is 19.5 Å². The van der Waals surface area contributed by atoms with Crippen molar-refractivity contribution in [1.82, 2.24) is 10.3 Å². The molecule has 0 aliphatic carbocycles. The molecule has 0 aliphatic heterocycles. The molecule has 21 heavy (non-hydrogen) atoms. The number of ether oxygens (including phenoxy) is 2. The van der Waals surface area contributed by atoms with Gasteiger partial charge in [-0.1, -0.05) is 12.1 Å². The summed E-state index contributed by atoms with van der Waals surface area (Å²) in [5.74, 6) is -0.339. The summed E-state index contributed by atoms with van der Waals surface area (Å²) < 4.78 is 46.1. The quantitative estimate of drug-likeness (QED) is 0.887. The molecule has 0 spiro atoms. The van der Waals surface area contributed by atoms with E-state index in [9.17, 15) is 13.2 Å². The minimum atomic E-state index is -4.75. The molecule has 1 aromatic carbocycles. The largest absolute Gasteiger partial charge is 0.573 e. The summed E-state index contributed by atoms with van der Waals surface area (Å²) in [5, 5.41) is 5.66. The van der Waals surface area contributed by atoms with Gasteiger partial charge >= 0.3 is 6.36 Å². The van der Waals surface area contributed by atoms with Gasteiger partial charge in [-0.3, -0.25) is 0 Å². The van der Waals surface area contributed by atoms with Gasteiger partial charge in [-0.25, -0.2) is 4.98 Å². The van der Waals surface area contributed by atoms with Crippen LogP contribution >= 0.6 is 11.3 Å². The number of hydrogen-bond acceptors (Lipinski definition) is 5. The van der Waals surface area contributed by atoms with Crippen LogP contribution in [0.5, 0.6) is 11.5 Å². The molecule has 0 unspecified atom stereocenters. The fourth-order valence-electron chi connectivity index (χ4n) is 1.58. The van der Waals surface area contributed by atoms with Crippen LogP contribution in [0.4, 0.5) is 13.2 Å². The van der Waals surface area contributed by atoms with E-state index < -0.39 is 6.36 Å². The fraction of sp³-hybridized carbons (Fsp3) is 0.308. The van der Waals surface area contributed by atoms with Gasteiger partial charge in [0.25, 0.3) is 0 Å². The summed E-state index contributed by atoms with van der Waals surface area (Å²) in [7, 11) is 1.81. The summed E-state index contributed by atoms with van der Waals surface area (Å²) in [6, 6.07) is 5.64. The lowest BCUT2D eigenvalue weighted by atomic mass is 10.3. The van der Waals surface area contributed by atoms with Crippen LogP contribution in [-0.4, -0.2) is 18.4 Å². The van der Waals surface area contributed by atoms with Crippen molar-refractivity contribution in [2.75, 3.05) is 7.05 Å². The highest BCUT2D eigenvalue weighted by atomic mass is 32.1. The number of nitrogens with one attached hydrogen (secondary N) is 1. The average molecular weight is 318 g/mol. The molecule has 0 bridgehead atoms. The van der Waals surface area contributed by atoms with Gasteiger partial charge in [0.2, 0.25) is 0 Å². The minimum absolute atomic E-state index is 0.0259. The highest BCUT2D eigenvalue weighted by Crippen LogP contribution is 2.32. The zero-order chi connectivity index (χ0) is 15.3. The molecule has 114 valence electrons. The van der Waals surface area contributed by atoms with Crippen LogP contribution in [0, 0.1) is 0 Å². The number of alkyl halides is 3. The molecular weight excluding hydrogens is 305 g/mol. The number of thiazole rings is 1. The number of halogens is 3. The third-order valence-corrected chi connectivity index (χ3v) is 3.28. The first-order valence-electron chi connectivity index (χ1n) is 6.03. The molecule has 0 atom stereocenters. The van der Waals surface area contributed by atoms with Crippen molar-refractivity contribution in [3.05, 3.63) is 40.3 Å². The van der Waals surface area contributed by atoms with E-state index in [0.29, 0.717) is 12.2 Å². The second-order valence-electron chi connectivity index (χ2n) is 4.05. The standard InChI is InChI=1S/C13H13F3N2O2S/c1-17-6-12-18-9(8-21-12)7-19-10-4-2-3-5-11(10)20-13(14,15)16/h2-5,8,17H,6-7H2,1H3. The van der Waals surface area contributed by atoms with Crippen LogP contribution in [0.15, 0.2) is 29.6 Å². The van der Waals surface area contributed by atoms with Crippen molar-refractivity contribution in [1.29, 1.82) is 0 Å². The van der Waals surface area contributed by atoms with Crippen molar-refractivity contribution in [2.24, 2.45) is 0 Å². The Labute approximate surface area is 123 Å². The lowest BCUT2D eigenvalue weighted by Crippen LogP contribution is -2.17. The Morgan fingerprint density at radius 2 is 1.95 bits per heavy atom. The molecule has 8 heteroatoms. The van der Waals surface area contributed by atoms with Crippen molar-refractivity contribution >= 4 is 11.3 Å². The maximum absolute atomic E-state index is 12.3. The van der Waals surface area contributed by atoms with E-state index in [1.54, 1.807) is 11.4 Å². The first-order valence-corrected chi connectivity index (χ1v) is 6.91. The molecule has 0 amide bonds. The lowest BCUT2D eigenvalue weighted by molar-refractivity contribution is -0.275. The van der Waals surface area contributed by atoms with Crippen LogP contribution < -0.4 is 14.8 Å². The number of rotatable bonds is 6. The molecule has 0 saturated carbocycles. The van der Waals surface area contributed by atoms with Gasteiger partial charge in [-0.2, -0.15) is 0 Å². The molecular formula is C13H13F3N2O2S. The van der Waals surface area contributed by atoms with Crippen molar-refractivity contribution in [3.8, 4) is 11.5 Å². The zero-order valence-corrected chi connectivity index (χ0v) is 11.9. The molecule has 1 heterocycles. The summed E-state index contributed by atoms with van der Waals surface area (Å²) in [6.45, 7) is 0.719. The number of nitrogens with zero attached hydrogens (tertiary/aromatic N) is 1. The Balaban J connectivity index is 2.02. The number of hydrogen-bond donors (Lipinski definition) is 1. The maximum Gasteiger partial charge on any atom is 0.573 e. The summed E-state index contributed by atoms with van der Waals surface area (Å²) in [6.07, 6.45) is -4.75. The minimum Gasteiger partial charge on any atom is -0.483 e. The fourth-order valence-corrected chi connectivity index (χ4v) is 2.37. The van der Waals surface area contributed by atoms with Gasteiger partial charge < -0.3 is 14.8 Å². The van der Waals surface area contributed by atoms with E-state index in [4.69, 9.17) is 4.74 Å². The van der Waals surface area contributed by atoms with Crippen LogP contribution in [0.2, 0.25) is 0 Å². The number of para-hydroxylation sites is 2. The van der Waals surface area contributed by atoms with E-state index >= 15 is 0 Å². The maximum atomic E-state index is 12.3. The van der Waals surface area contributed by atoms with E-state index in [1.807, 2.05) is 7.05 Å². The Kier molecular flexibility index (Phi) is 5.03. The molecule has 0 fully saturated rings. The second-order valence-corrected chi connectivity index (χ2v) is 4.99. The van der Waals surface area contributed by atoms with E-state index in [2.05, 4.69) is 15.0 Å². The molecule has 2 rings (SSSR count). The molecule has 0 aliphatic rings. The zero-order valence-electron chi connectivity index (χ0n) is 11.1. The smallest absolute Gasteiger partial charge is 0.483 e. The van der Waals surface area contributed by atoms with Gasteiger partial charge in [-0.05, 0) is 19.2 Å². The normalized spacial score (nSPS) is 11.4. The van der Waals surface area contributed by atoms with Crippen LogP contribution in [0.1, 0.15) is 10.7 Å². The predicted molar refractivity (Wildman–Crippen MR) is 72.3 cm³/mol. The summed E-state index contributed by atoms with van der Waals surface area (Å²) in [4.78, 5) is 4.29. The van der Waals surface area contributed by atoms with Gasteiger partial charge in [0, 0.05) is 11.9 Å². The average Bonchev–Trinajstić information content (AvgIpc) is 2.84. The van der Waals surface area contributed by atoms with Gasteiger partial charge in [0.15, 0.2) is 11.5 Å². The topological polar surface area (TPSA) is 43.4 Å². The molecule has 4 nitrogen and oxygen atoms in total. The second kappa shape index (κ2) is 6.77. The van der Waals surface area contributed by atoms with Crippen LogP contribution in [0.25, 0.3) is 0 Å². The Bertz CT molecular complexity index is 587. The van der Waals surface area contributed by atoms with Gasteiger partial charge in [-0.15, -0.1) is 24.5 Å². The molecule has 0 radical (unpaired) electrons. The Morgan fingerprint density at radius 3 is 2.62 bits per heavy atom. The third kappa shape index (κ3) is 4.91. The first-order chi connectivity index (χ1) is 9.98. The Morgan fingerprint density at radius 1 is 1.24 bits per heavy atom. The third-order valence-electron chi connectivity index (χ3n) is 2.38. The summed E-state index contributed by atoms with van der Waals surface area (Å²) in [5.41, 5.74) is 0.659. The molecule has 1 aromatic heterocycles.